The maximum Gasteiger partial charge on any atom is 0.243 e. The van der Waals surface area contributed by atoms with Gasteiger partial charge in [-0.05, 0) is 48.4 Å². The number of anilines is 1. The zero-order valence-electron chi connectivity index (χ0n) is 20.6. The molecule has 0 aliphatic heterocycles. The number of carbonyl (C=O) groups is 1. The molecule has 8 nitrogen and oxygen atoms in total. The molecular formula is C26H36N4O4S. The lowest BCUT2D eigenvalue weighted by Crippen LogP contribution is -2.50. The van der Waals surface area contributed by atoms with E-state index in [1.54, 1.807) is 25.2 Å². The molecule has 0 aromatic heterocycles. The molecule has 0 heterocycles. The number of nitrogens with zero attached hydrogens (tertiary/aromatic N) is 2. The van der Waals surface area contributed by atoms with E-state index >= 15 is 0 Å². The summed E-state index contributed by atoms with van der Waals surface area (Å²) < 4.78 is 28.7. The first-order valence-electron chi connectivity index (χ1n) is 11.7. The normalized spacial score (nSPS) is 13.6. The number of nitriles is 1. The molecule has 2 aromatic carbocycles. The van der Waals surface area contributed by atoms with Crippen molar-refractivity contribution >= 4 is 22.1 Å². The summed E-state index contributed by atoms with van der Waals surface area (Å²) in [7, 11) is -2.25. The number of nitrogens with one attached hydrogen (secondary N) is 2. The number of hydrogen-bond acceptors (Lipinski definition) is 6. The van der Waals surface area contributed by atoms with Gasteiger partial charge in [0.2, 0.25) is 16.4 Å². The first-order chi connectivity index (χ1) is 16.6. The fourth-order valence-corrected chi connectivity index (χ4v) is 5.70. The number of aliphatic hydroxyl groups excluding tert-OH is 1. The number of rotatable bonds is 15. The summed E-state index contributed by atoms with van der Waals surface area (Å²) in [4.78, 5) is 11.4. The van der Waals surface area contributed by atoms with E-state index < -0.39 is 27.6 Å². The Labute approximate surface area is 209 Å². The Hall–Kier alpha value is -2.93. The second kappa shape index (κ2) is 13.2. The maximum atomic E-state index is 13.7. The molecule has 2 rings (SSSR count). The molecule has 190 valence electrons. The molecule has 9 heteroatoms. The number of benzene rings is 2. The highest BCUT2D eigenvalue weighted by Gasteiger charge is 2.34. The number of hydrogen-bond donors (Lipinski definition) is 3. The number of sulfonamides is 1. The second-order valence-corrected chi connectivity index (χ2v) is 11.3. The van der Waals surface area contributed by atoms with Gasteiger partial charge in [0.25, 0.3) is 0 Å². The summed E-state index contributed by atoms with van der Waals surface area (Å²) in [6, 6.07) is 17.4. The Morgan fingerprint density at radius 1 is 1.17 bits per heavy atom. The topological polar surface area (TPSA) is 123 Å². The van der Waals surface area contributed by atoms with Crippen LogP contribution in [0, 0.1) is 16.7 Å². The van der Waals surface area contributed by atoms with Crippen molar-refractivity contribution < 1.29 is 18.3 Å². The van der Waals surface area contributed by atoms with Crippen molar-refractivity contribution in [1.29, 1.82) is 5.26 Å². The van der Waals surface area contributed by atoms with Gasteiger partial charge in [-0.25, -0.2) is 8.42 Å². The van der Waals surface area contributed by atoms with Gasteiger partial charge in [0, 0.05) is 32.2 Å². The average Bonchev–Trinajstić information content (AvgIpc) is 2.84. The summed E-state index contributed by atoms with van der Waals surface area (Å²) in [6.45, 7) is 3.87. The molecule has 35 heavy (non-hydrogen) atoms. The predicted octanol–water partition coefficient (Wildman–Crippen LogP) is 3.16. The summed E-state index contributed by atoms with van der Waals surface area (Å²) >= 11 is 0. The Morgan fingerprint density at radius 3 is 2.51 bits per heavy atom. The van der Waals surface area contributed by atoms with Crippen molar-refractivity contribution in [3.05, 3.63) is 60.2 Å². The quantitative estimate of drug-likeness (QED) is 0.255. The lowest BCUT2D eigenvalue weighted by molar-refractivity contribution is -0.111. The van der Waals surface area contributed by atoms with E-state index in [2.05, 4.69) is 16.7 Å². The van der Waals surface area contributed by atoms with Crippen LogP contribution < -0.4 is 10.6 Å². The van der Waals surface area contributed by atoms with E-state index in [1.807, 2.05) is 44.2 Å². The third kappa shape index (κ3) is 8.66. The molecule has 2 unspecified atom stereocenters. The van der Waals surface area contributed by atoms with Gasteiger partial charge in [-0.1, -0.05) is 50.2 Å². The molecule has 0 saturated carbocycles. The number of unbranched alkanes of at least 4 members (excludes halogenated alkanes) is 1. The van der Waals surface area contributed by atoms with Crippen molar-refractivity contribution in [3.63, 3.8) is 0 Å². The van der Waals surface area contributed by atoms with Gasteiger partial charge in [-0.15, -0.1) is 0 Å². The Kier molecular flexibility index (Phi) is 10.7. The van der Waals surface area contributed by atoms with Crippen molar-refractivity contribution in [2.75, 3.05) is 25.5 Å². The van der Waals surface area contributed by atoms with Crippen LogP contribution in [0.5, 0.6) is 0 Å². The van der Waals surface area contributed by atoms with Crippen LogP contribution >= 0.6 is 0 Å². The Morgan fingerprint density at radius 2 is 1.89 bits per heavy atom. The van der Waals surface area contributed by atoms with Crippen LogP contribution in [0.25, 0.3) is 0 Å². The molecule has 0 saturated heterocycles. The van der Waals surface area contributed by atoms with Crippen LogP contribution in [0.2, 0.25) is 0 Å². The molecule has 0 aliphatic carbocycles. The van der Waals surface area contributed by atoms with E-state index in [-0.39, 0.29) is 18.0 Å². The standard InChI is InChI=1S/C26H36N4O4S/c1-26(2,14-7-8-15-27)19-30(35(33,34)23-13-9-12-22(17-23)28-3)18-25(32)24(29-20-31)16-21-10-5-4-6-11-21/h4-6,9-13,17,20,24-25,28,32H,7-8,14,16,18-19H2,1-3H3,(H,29,31). The first-order valence-corrected chi connectivity index (χ1v) is 13.1. The molecule has 0 bridgehead atoms. The fourth-order valence-electron chi connectivity index (χ4n) is 4.01. The molecule has 2 atom stereocenters. The van der Waals surface area contributed by atoms with Gasteiger partial charge in [0.1, 0.15) is 0 Å². The third-order valence-electron chi connectivity index (χ3n) is 5.94. The highest BCUT2D eigenvalue weighted by molar-refractivity contribution is 7.89. The van der Waals surface area contributed by atoms with Gasteiger partial charge in [0.05, 0.1) is 23.1 Å². The highest BCUT2D eigenvalue weighted by atomic mass is 32.2. The molecule has 0 radical (unpaired) electrons. The Balaban J connectivity index is 2.35. The predicted molar refractivity (Wildman–Crippen MR) is 137 cm³/mol. The van der Waals surface area contributed by atoms with Crippen molar-refractivity contribution in [1.82, 2.24) is 9.62 Å². The highest BCUT2D eigenvalue weighted by Crippen LogP contribution is 2.29. The summed E-state index contributed by atoms with van der Waals surface area (Å²) in [6.07, 6.45) is 1.44. The zero-order valence-corrected chi connectivity index (χ0v) is 21.5. The fraction of sp³-hybridized carbons (Fsp3) is 0.462. The van der Waals surface area contributed by atoms with Gasteiger partial charge < -0.3 is 15.7 Å². The minimum Gasteiger partial charge on any atom is -0.390 e. The van der Waals surface area contributed by atoms with E-state index in [9.17, 15) is 18.3 Å². The van der Waals surface area contributed by atoms with Gasteiger partial charge in [0.15, 0.2) is 0 Å². The average molecular weight is 501 g/mol. The largest absolute Gasteiger partial charge is 0.390 e. The monoisotopic (exact) mass is 500 g/mol. The van der Waals surface area contributed by atoms with Gasteiger partial charge in [-0.2, -0.15) is 9.57 Å². The molecular weight excluding hydrogens is 464 g/mol. The molecule has 0 fully saturated rings. The molecule has 3 N–H and O–H groups in total. The SMILES string of the molecule is CNc1cccc(S(=O)(=O)N(CC(O)C(Cc2ccccc2)NC=O)CC(C)(C)CCCC#N)c1. The van der Waals surface area contributed by atoms with Gasteiger partial charge >= 0.3 is 0 Å². The van der Waals surface area contributed by atoms with Crippen LogP contribution in [0.3, 0.4) is 0 Å². The molecule has 0 spiro atoms. The van der Waals surface area contributed by atoms with E-state index in [0.29, 0.717) is 37.8 Å². The van der Waals surface area contributed by atoms with Crippen molar-refractivity contribution in [2.45, 2.75) is 56.6 Å². The molecule has 2 aromatic rings. The lowest BCUT2D eigenvalue weighted by atomic mass is 9.87. The van der Waals surface area contributed by atoms with Crippen LogP contribution in [-0.4, -0.2) is 56.5 Å². The molecule has 1 amide bonds. The molecule has 0 aliphatic rings. The first kappa shape index (κ1) is 28.3. The summed E-state index contributed by atoms with van der Waals surface area (Å²) in [5, 5.41) is 25.6. The smallest absolute Gasteiger partial charge is 0.243 e. The number of carbonyl (C=O) groups excluding carboxylic acids is 1. The van der Waals surface area contributed by atoms with E-state index in [0.717, 1.165) is 5.56 Å². The lowest BCUT2D eigenvalue weighted by Gasteiger charge is -2.35. The van der Waals surface area contributed by atoms with Crippen LogP contribution in [0.1, 0.15) is 38.7 Å². The van der Waals surface area contributed by atoms with Crippen molar-refractivity contribution in [2.24, 2.45) is 5.41 Å². The number of amides is 1. The maximum absolute atomic E-state index is 13.7. The summed E-state index contributed by atoms with van der Waals surface area (Å²) in [5.74, 6) is 0. The van der Waals surface area contributed by atoms with E-state index in [1.165, 1.54) is 10.4 Å². The second-order valence-electron chi connectivity index (χ2n) is 9.40. The van der Waals surface area contributed by atoms with E-state index in [4.69, 9.17) is 5.26 Å². The van der Waals surface area contributed by atoms with Crippen LogP contribution in [-0.2, 0) is 21.2 Å². The zero-order chi connectivity index (χ0) is 25.9. The van der Waals surface area contributed by atoms with Crippen molar-refractivity contribution in [3.8, 4) is 6.07 Å². The van der Waals surface area contributed by atoms with Crippen LogP contribution in [0.15, 0.2) is 59.5 Å². The Bertz CT molecular complexity index is 1080. The third-order valence-corrected chi connectivity index (χ3v) is 7.75. The minimum atomic E-state index is -3.96. The number of aliphatic hydroxyl groups is 1. The van der Waals surface area contributed by atoms with Gasteiger partial charge in [-0.3, -0.25) is 4.79 Å². The van der Waals surface area contributed by atoms with Crippen LogP contribution in [0.4, 0.5) is 5.69 Å². The minimum absolute atomic E-state index is 0.118. The summed E-state index contributed by atoms with van der Waals surface area (Å²) in [5.41, 5.74) is 1.14.